The maximum absolute atomic E-state index is 9.00. The molecule has 0 radical (unpaired) electrons. The van der Waals surface area contributed by atoms with E-state index in [0.717, 1.165) is 5.56 Å². The number of ether oxygens (including phenoxy) is 2. The van der Waals surface area contributed by atoms with Crippen LogP contribution in [0.1, 0.15) is 17.2 Å². The number of nitriles is 1. The zero-order valence-electron chi connectivity index (χ0n) is 11.1. The summed E-state index contributed by atoms with van der Waals surface area (Å²) in [6, 6.07) is 10.8. The Kier molecular flexibility index (Phi) is 4.53. The standard InChI is InChI=1S/C15H15N3O2/c1-19-13-6-11(9-16)7-14(8-13)20-15(10-17)12-2-4-18-5-3-12/h2-8,15H,10,17H2,1H3. The van der Waals surface area contributed by atoms with Gasteiger partial charge in [-0.3, -0.25) is 4.98 Å². The highest BCUT2D eigenvalue weighted by Gasteiger charge is 2.12. The van der Waals surface area contributed by atoms with Gasteiger partial charge in [-0.1, -0.05) is 0 Å². The molecule has 1 heterocycles. The third-order valence-corrected chi connectivity index (χ3v) is 2.82. The molecule has 5 nitrogen and oxygen atoms in total. The van der Waals surface area contributed by atoms with Crippen LogP contribution in [0.4, 0.5) is 0 Å². The minimum Gasteiger partial charge on any atom is -0.497 e. The second-order valence-corrected chi connectivity index (χ2v) is 4.13. The molecule has 2 N–H and O–H groups in total. The molecule has 1 aromatic heterocycles. The van der Waals surface area contributed by atoms with Crippen molar-refractivity contribution in [2.24, 2.45) is 5.73 Å². The average Bonchev–Trinajstić information content (AvgIpc) is 2.53. The van der Waals surface area contributed by atoms with Crippen molar-refractivity contribution in [2.45, 2.75) is 6.10 Å². The van der Waals surface area contributed by atoms with Crippen molar-refractivity contribution in [2.75, 3.05) is 13.7 Å². The highest BCUT2D eigenvalue weighted by Crippen LogP contribution is 2.26. The summed E-state index contributed by atoms with van der Waals surface area (Å²) in [6.07, 6.45) is 3.08. The van der Waals surface area contributed by atoms with Gasteiger partial charge >= 0.3 is 0 Å². The summed E-state index contributed by atoms with van der Waals surface area (Å²) < 4.78 is 11.0. The van der Waals surface area contributed by atoms with Crippen molar-refractivity contribution >= 4 is 0 Å². The molecule has 1 aromatic carbocycles. The molecule has 0 aliphatic heterocycles. The van der Waals surface area contributed by atoms with Crippen molar-refractivity contribution in [1.82, 2.24) is 4.98 Å². The van der Waals surface area contributed by atoms with E-state index >= 15 is 0 Å². The van der Waals surface area contributed by atoms with Crippen molar-refractivity contribution in [3.05, 3.63) is 53.9 Å². The first-order valence-electron chi connectivity index (χ1n) is 6.12. The van der Waals surface area contributed by atoms with E-state index < -0.39 is 0 Å². The second-order valence-electron chi connectivity index (χ2n) is 4.13. The first-order valence-corrected chi connectivity index (χ1v) is 6.12. The van der Waals surface area contributed by atoms with Gasteiger partial charge in [0.25, 0.3) is 0 Å². The van der Waals surface area contributed by atoms with Crippen LogP contribution in [0.2, 0.25) is 0 Å². The molecule has 1 atom stereocenters. The molecule has 2 aromatic rings. The highest BCUT2D eigenvalue weighted by molar-refractivity contribution is 5.44. The Labute approximate surface area is 117 Å². The van der Waals surface area contributed by atoms with Crippen molar-refractivity contribution < 1.29 is 9.47 Å². The summed E-state index contributed by atoms with van der Waals surface area (Å²) in [5, 5.41) is 9.00. The van der Waals surface area contributed by atoms with Gasteiger partial charge in [0.2, 0.25) is 0 Å². The van der Waals surface area contributed by atoms with Gasteiger partial charge in [0.05, 0.1) is 18.7 Å². The van der Waals surface area contributed by atoms with E-state index in [4.69, 9.17) is 20.5 Å². The molecule has 2 rings (SSSR count). The third kappa shape index (κ3) is 3.25. The Morgan fingerprint density at radius 1 is 1.25 bits per heavy atom. The smallest absolute Gasteiger partial charge is 0.136 e. The Morgan fingerprint density at radius 3 is 2.55 bits per heavy atom. The molecule has 0 spiro atoms. The zero-order chi connectivity index (χ0) is 14.4. The van der Waals surface area contributed by atoms with E-state index in [1.165, 1.54) is 0 Å². The lowest BCUT2D eigenvalue weighted by atomic mass is 10.1. The summed E-state index contributed by atoms with van der Waals surface area (Å²) in [5.74, 6) is 1.12. The molecule has 0 saturated heterocycles. The van der Waals surface area contributed by atoms with E-state index in [-0.39, 0.29) is 6.10 Å². The fraction of sp³-hybridized carbons (Fsp3) is 0.200. The Bertz CT molecular complexity index is 608. The molecule has 20 heavy (non-hydrogen) atoms. The molecular weight excluding hydrogens is 254 g/mol. The van der Waals surface area contributed by atoms with Crippen molar-refractivity contribution in [3.8, 4) is 17.6 Å². The number of pyridine rings is 1. The van der Waals surface area contributed by atoms with Crippen molar-refractivity contribution in [3.63, 3.8) is 0 Å². The van der Waals surface area contributed by atoms with Gasteiger partial charge in [0, 0.05) is 25.0 Å². The normalized spacial score (nSPS) is 11.4. The summed E-state index contributed by atoms with van der Waals surface area (Å²) in [6.45, 7) is 0.323. The van der Waals surface area contributed by atoms with Crippen LogP contribution < -0.4 is 15.2 Å². The van der Waals surface area contributed by atoms with Crippen LogP contribution in [0.5, 0.6) is 11.5 Å². The fourth-order valence-electron chi connectivity index (χ4n) is 1.82. The molecule has 0 fully saturated rings. The van der Waals surface area contributed by atoms with E-state index in [1.54, 1.807) is 37.7 Å². The molecule has 5 heteroatoms. The van der Waals surface area contributed by atoms with Crippen LogP contribution >= 0.6 is 0 Å². The second kappa shape index (κ2) is 6.55. The molecule has 0 aliphatic rings. The quantitative estimate of drug-likeness (QED) is 0.898. The number of hydrogen-bond donors (Lipinski definition) is 1. The first-order chi connectivity index (χ1) is 9.76. The predicted molar refractivity (Wildman–Crippen MR) is 74.4 cm³/mol. The van der Waals surface area contributed by atoms with Crippen LogP contribution in [0.15, 0.2) is 42.7 Å². The lowest BCUT2D eigenvalue weighted by Gasteiger charge is -2.18. The van der Waals surface area contributed by atoms with Gasteiger partial charge in [-0.2, -0.15) is 5.26 Å². The van der Waals surface area contributed by atoms with Crippen LogP contribution in [-0.4, -0.2) is 18.6 Å². The molecule has 0 amide bonds. The molecule has 0 saturated carbocycles. The minimum atomic E-state index is -0.295. The molecule has 102 valence electrons. The van der Waals surface area contributed by atoms with E-state index in [1.807, 2.05) is 12.1 Å². The Morgan fingerprint density at radius 2 is 1.95 bits per heavy atom. The summed E-state index contributed by atoms with van der Waals surface area (Å²) in [5.41, 5.74) is 7.16. The number of methoxy groups -OCH3 is 1. The van der Waals surface area contributed by atoms with Crippen LogP contribution in [0.3, 0.4) is 0 Å². The number of rotatable bonds is 5. The molecule has 0 bridgehead atoms. The zero-order valence-corrected chi connectivity index (χ0v) is 11.1. The third-order valence-electron chi connectivity index (χ3n) is 2.82. The number of nitrogens with zero attached hydrogens (tertiary/aromatic N) is 2. The average molecular weight is 269 g/mol. The molecule has 0 aliphatic carbocycles. The Hall–Kier alpha value is -2.58. The van der Waals surface area contributed by atoms with Gasteiger partial charge < -0.3 is 15.2 Å². The number of hydrogen-bond acceptors (Lipinski definition) is 5. The lowest BCUT2D eigenvalue weighted by Crippen LogP contribution is -2.18. The van der Waals surface area contributed by atoms with Gasteiger partial charge in [-0.05, 0) is 29.8 Å². The minimum absolute atomic E-state index is 0.295. The monoisotopic (exact) mass is 269 g/mol. The summed E-state index contributed by atoms with van der Waals surface area (Å²) >= 11 is 0. The van der Waals surface area contributed by atoms with Crippen LogP contribution in [-0.2, 0) is 0 Å². The largest absolute Gasteiger partial charge is 0.497 e. The summed E-state index contributed by atoms with van der Waals surface area (Å²) in [4.78, 5) is 3.96. The number of aromatic nitrogens is 1. The van der Waals surface area contributed by atoms with Gasteiger partial charge in [0.15, 0.2) is 0 Å². The van der Waals surface area contributed by atoms with Crippen LogP contribution in [0, 0.1) is 11.3 Å². The van der Waals surface area contributed by atoms with Crippen molar-refractivity contribution in [1.29, 1.82) is 5.26 Å². The predicted octanol–water partition coefficient (Wildman–Crippen LogP) is 2.04. The highest BCUT2D eigenvalue weighted by atomic mass is 16.5. The number of nitrogens with two attached hydrogens (primary N) is 1. The molecular formula is C15H15N3O2. The van der Waals surface area contributed by atoms with Gasteiger partial charge in [0.1, 0.15) is 17.6 Å². The SMILES string of the molecule is COc1cc(C#N)cc(OC(CN)c2ccncc2)c1. The number of benzene rings is 1. The van der Waals surface area contributed by atoms with E-state index in [9.17, 15) is 0 Å². The topological polar surface area (TPSA) is 81.2 Å². The lowest BCUT2D eigenvalue weighted by molar-refractivity contribution is 0.213. The first kappa shape index (κ1) is 13.8. The van der Waals surface area contributed by atoms with Gasteiger partial charge in [-0.15, -0.1) is 0 Å². The van der Waals surface area contributed by atoms with E-state index in [0.29, 0.717) is 23.6 Å². The van der Waals surface area contributed by atoms with E-state index in [2.05, 4.69) is 11.1 Å². The van der Waals surface area contributed by atoms with Crippen LogP contribution in [0.25, 0.3) is 0 Å². The molecule has 1 unspecified atom stereocenters. The maximum atomic E-state index is 9.00. The summed E-state index contributed by atoms with van der Waals surface area (Å²) in [7, 11) is 1.55. The Balaban J connectivity index is 2.26. The maximum Gasteiger partial charge on any atom is 0.136 e. The van der Waals surface area contributed by atoms with Gasteiger partial charge in [-0.25, -0.2) is 0 Å². The fourth-order valence-corrected chi connectivity index (χ4v) is 1.82.